The molecule has 0 saturated heterocycles. The zero-order valence-corrected chi connectivity index (χ0v) is 14.1. The van der Waals surface area contributed by atoms with E-state index in [2.05, 4.69) is 51.8 Å². The second-order valence-electron chi connectivity index (χ2n) is 5.43. The van der Waals surface area contributed by atoms with Gasteiger partial charge >= 0.3 is 0 Å². The fourth-order valence-corrected chi connectivity index (χ4v) is 3.29. The van der Waals surface area contributed by atoms with Gasteiger partial charge in [-0.3, -0.25) is 0 Å². The minimum Gasteiger partial charge on any atom is -0.383 e. The highest BCUT2D eigenvalue weighted by atomic mass is 127. The smallest absolute Gasteiger partial charge is 0.141 e. The average molecular weight is 395 g/mol. The Labute approximate surface area is 138 Å². The normalized spacial score (nSPS) is 16.5. The van der Waals surface area contributed by atoms with Gasteiger partial charge < -0.3 is 10.5 Å². The lowest BCUT2D eigenvalue weighted by atomic mass is 9.64. The highest BCUT2D eigenvalue weighted by Gasteiger charge is 2.43. The number of methoxy groups -OCH3 is 1. The number of benzene rings is 1. The Hall–Kier alpha value is -1.21. The van der Waals surface area contributed by atoms with Crippen molar-refractivity contribution in [3.63, 3.8) is 0 Å². The average Bonchev–Trinajstić information content (AvgIpc) is 2.44. The SMILES string of the molecule is COCc1nc(C2(c3ccccc3)CCC2)nc(N)c1I. The molecule has 1 heterocycles. The highest BCUT2D eigenvalue weighted by molar-refractivity contribution is 14.1. The van der Waals surface area contributed by atoms with Gasteiger partial charge in [0.05, 0.1) is 21.3 Å². The van der Waals surface area contributed by atoms with E-state index in [1.54, 1.807) is 7.11 Å². The summed E-state index contributed by atoms with van der Waals surface area (Å²) in [6.45, 7) is 0.461. The van der Waals surface area contributed by atoms with E-state index in [0.29, 0.717) is 12.4 Å². The van der Waals surface area contributed by atoms with Gasteiger partial charge in [0.2, 0.25) is 0 Å². The summed E-state index contributed by atoms with van der Waals surface area (Å²) in [5.74, 6) is 1.39. The number of nitrogen functional groups attached to an aromatic ring is 1. The van der Waals surface area contributed by atoms with Crippen molar-refractivity contribution in [2.75, 3.05) is 12.8 Å². The first kappa shape index (κ1) is 14.7. The Morgan fingerprint density at radius 1 is 1.24 bits per heavy atom. The Morgan fingerprint density at radius 2 is 1.95 bits per heavy atom. The maximum atomic E-state index is 6.09. The van der Waals surface area contributed by atoms with Crippen molar-refractivity contribution in [3.8, 4) is 0 Å². The van der Waals surface area contributed by atoms with Crippen LogP contribution < -0.4 is 5.73 Å². The van der Waals surface area contributed by atoms with Crippen molar-refractivity contribution in [1.29, 1.82) is 0 Å². The molecule has 2 aromatic rings. The highest BCUT2D eigenvalue weighted by Crippen LogP contribution is 2.47. The van der Waals surface area contributed by atoms with Crippen molar-refractivity contribution in [3.05, 3.63) is 51.0 Å². The van der Waals surface area contributed by atoms with E-state index in [-0.39, 0.29) is 5.41 Å². The molecule has 3 rings (SSSR count). The molecule has 2 N–H and O–H groups in total. The van der Waals surface area contributed by atoms with Gasteiger partial charge in [-0.25, -0.2) is 9.97 Å². The second kappa shape index (κ2) is 5.88. The van der Waals surface area contributed by atoms with Crippen LogP contribution in [0.15, 0.2) is 30.3 Å². The minimum absolute atomic E-state index is 0.0811. The summed E-state index contributed by atoms with van der Waals surface area (Å²) < 4.78 is 6.13. The molecule has 1 aliphatic carbocycles. The number of ether oxygens (including phenoxy) is 1. The molecular formula is C16H18IN3O. The van der Waals surface area contributed by atoms with Crippen molar-refractivity contribution in [2.24, 2.45) is 0 Å². The Morgan fingerprint density at radius 3 is 2.52 bits per heavy atom. The first-order valence-electron chi connectivity index (χ1n) is 7.04. The molecule has 0 radical (unpaired) electrons. The van der Waals surface area contributed by atoms with Crippen LogP contribution in [0.3, 0.4) is 0 Å². The van der Waals surface area contributed by atoms with Crippen LogP contribution in [-0.4, -0.2) is 17.1 Å². The fraction of sp³-hybridized carbons (Fsp3) is 0.375. The van der Waals surface area contributed by atoms with Gasteiger partial charge in [-0.05, 0) is 41.0 Å². The number of nitrogens with zero attached hydrogens (tertiary/aromatic N) is 2. The van der Waals surface area contributed by atoms with E-state index >= 15 is 0 Å². The quantitative estimate of drug-likeness (QED) is 0.808. The standard InChI is InChI=1S/C16H18IN3O/c1-21-10-12-13(17)14(18)20-15(19-12)16(8-5-9-16)11-6-3-2-4-7-11/h2-4,6-7H,5,8-10H2,1H3,(H2,18,19,20). The van der Waals surface area contributed by atoms with Gasteiger partial charge in [-0.1, -0.05) is 36.8 Å². The molecule has 0 spiro atoms. The molecule has 110 valence electrons. The lowest BCUT2D eigenvalue weighted by molar-refractivity contribution is 0.179. The largest absolute Gasteiger partial charge is 0.383 e. The third kappa shape index (κ3) is 2.53. The predicted molar refractivity (Wildman–Crippen MR) is 90.9 cm³/mol. The lowest BCUT2D eigenvalue weighted by Crippen LogP contribution is -2.38. The maximum absolute atomic E-state index is 6.09. The monoisotopic (exact) mass is 395 g/mol. The number of hydrogen-bond donors (Lipinski definition) is 1. The molecule has 5 heteroatoms. The predicted octanol–water partition coefficient (Wildman–Crippen LogP) is 3.28. The van der Waals surface area contributed by atoms with Crippen LogP contribution in [0.25, 0.3) is 0 Å². The van der Waals surface area contributed by atoms with E-state index in [9.17, 15) is 0 Å². The molecule has 1 aromatic carbocycles. The molecule has 1 aromatic heterocycles. The molecule has 21 heavy (non-hydrogen) atoms. The summed E-state index contributed by atoms with van der Waals surface area (Å²) in [5.41, 5.74) is 8.17. The minimum atomic E-state index is -0.0811. The molecule has 1 aliphatic rings. The van der Waals surface area contributed by atoms with Crippen LogP contribution in [0.1, 0.15) is 36.3 Å². The van der Waals surface area contributed by atoms with E-state index < -0.39 is 0 Å². The number of halogens is 1. The Bertz CT molecular complexity index is 641. The molecule has 0 atom stereocenters. The topological polar surface area (TPSA) is 61.0 Å². The van der Waals surface area contributed by atoms with Crippen LogP contribution in [0.5, 0.6) is 0 Å². The van der Waals surface area contributed by atoms with Crippen LogP contribution in [0.4, 0.5) is 5.82 Å². The summed E-state index contributed by atoms with van der Waals surface area (Å²) in [6, 6.07) is 10.5. The van der Waals surface area contributed by atoms with Crippen LogP contribution >= 0.6 is 22.6 Å². The maximum Gasteiger partial charge on any atom is 0.141 e. The van der Waals surface area contributed by atoms with Crippen molar-refractivity contribution in [2.45, 2.75) is 31.3 Å². The second-order valence-corrected chi connectivity index (χ2v) is 6.51. The van der Waals surface area contributed by atoms with E-state index in [1.165, 1.54) is 12.0 Å². The van der Waals surface area contributed by atoms with Gasteiger partial charge in [0.1, 0.15) is 11.6 Å². The zero-order chi connectivity index (χ0) is 14.9. The molecule has 0 unspecified atom stereocenters. The van der Waals surface area contributed by atoms with Crippen molar-refractivity contribution >= 4 is 28.4 Å². The molecular weight excluding hydrogens is 377 g/mol. The van der Waals surface area contributed by atoms with Crippen molar-refractivity contribution < 1.29 is 4.74 Å². The van der Waals surface area contributed by atoms with Gasteiger partial charge in [0, 0.05) is 7.11 Å². The summed E-state index contributed by atoms with van der Waals surface area (Å²) in [7, 11) is 1.67. The Kier molecular flexibility index (Phi) is 4.12. The molecule has 1 fully saturated rings. The van der Waals surface area contributed by atoms with E-state index in [1.807, 2.05) is 6.07 Å². The van der Waals surface area contributed by atoms with Crippen LogP contribution in [0, 0.1) is 3.57 Å². The van der Waals surface area contributed by atoms with Crippen LogP contribution in [-0.2, 0) is 16.8 Å². The van der Waals surface area contributed by atoms with Gasteiger partial charge in [-0.2, -0.15) is 0 Å². The number of rotatable bonds is 4. The molecule has 0 bridgehead atoms. The summed E-state index contributed by atoms with van der Waals surface area (Å²) >= 11 is 2.19. The van der Waals surface area contributed by atoms with E-state index in [0.717, 1.165) is 27.9 Å². The first-order chi connectivity index (χ1) is 10.2. The van der Waals surface area contributed by atoms with Gasteiger partial charge in [-0.15, -0.1) is 0 Å². The number of aromatic nitrogens is 2. The third-order valence-corrected chi connectivity index (χ3v) is 5.36. The van der Waals surface area contributed by atoms with Crippen molar-refractivity contribution in [1.82, 2.24) is 9.97 Å². The number of nitrogens with two attached hydrogens (primary N) is 1. The summed E-state index contributed by atoms with van der Waals surface area (Å²) in [6.07, 6.45) is 3.34. The molecule has 0 aliphatic heterocycles. The third-order valence-electron chi connectivity index (χ3n) is 4.19. The lowest BCUT2D eigenvalue weighted by Gasteiger charge is -2.41. The van der Waals surface area contributed by atoms with Gasteiger partial charge in [0.15, 0.2) is 0 Å². The van der Waals surface area contributed by atoms with E-state index in [4.69, 9.17) is 15.5 Å². The summed E-state index contributed by atoms with van der Waals surface area (Å²) in [4.78, 5) is 9.36. The van der Waals surface area contributed by atoms with Crippen LogP contribution in [0.2, 0.25) is 0 Å². The van der Waals surface area contributed by atoms with Gasteiger partial charge in [0.25, 0.3) is 0 Å². The fourth-order valence-electron chi connectivity index (χ4n) is 2.89. The first-order valence-corrected chi connectivity index (χ1v) is 8.12. The molecule has 4 nitrogen and oxygen atoms in total. The Balaban J connectivity index is 2.10. The number of hydrogen-bond acceptors (Lipinski definition) is 4. The molecule has 1 saturated carbocycles. The summed E-state index contributed by atoms with van der Waals surface area (Å²) in [5, 5.41) is 0. The molecule has 0 amide bonds. The zero-order valence-electron chi connectivity index (χ0n) is 12.0. The number of anilines is 1.